The number of anilines is 1. The third-order valence-electron chi connectivity index (χ3n) is 7.75. The molecule has 0 saturated carbocycles. The van der Waals surface area contributed by atoms with Gasteiger partial charge in [0.1, 0.15) is 18.1 Å². The molecular weight excluding hydrogens is 530 g/mol. The maximum Gasteiger partial charge on any atom is 0.351 e. The van der Waals surface area contributed by atoms with Crippen molar-refractivity contribution >= 4 is 28.8 Å². The number of nitrogens with one attached hydrogen (secondary N) is 1. The first-order valence-corrected chi connectivity index (χ1v) is 17.8. The predicted octanol–water partition coefficient (Wildman–Crippen LogP) is 5.74. The van der Waals surface area contributed by atoms with Crippen molar-refractivity contribution in [1.29, 1.82) is 0 Å². The highest BCUT2D eigenvalue weighted by Crippen LogP contribution is 2.48. The molecule has 0 radical (unpaired) electrons. The highest BCUT2D eigenvalue weighted by Gasteiger charge is 2.60. The Morgan fingerprint density at radius 1 is 0.974 bits per heavy atom. The van der Waals surface area contributed by atoms with Crippen LogP contribution in [-0.2, 0) is 17.7 Å². The molecule has 2 aliphatic rings. The molecule has 9 nitrogen and oxygen atoms in total. The highest BCUT2D eigenvalue weighted by molar-refractivity contribution is 6.83. The maximum atomic E-state index is 13.1. The number of hydrogen-bond donors (Lipinski definition) is 1. The molecule has 1 aromatic heterocycles. The van der Waals surface area contributed by atoms with Crippen molar-refractivity contribution in [2.24, 2.45) is 0 Å². The van der Waals surface area contributed by atoms with E-state index in [0.717, 1.165) is 0 Å². The van der Waals surface area contributed by atoms with Crippen LogP contribution in [0.15, 0.2) is 47.4 Å². The Balaban J connectivity index is 1.64. The Kier molecular flexibility index (Phi) is 8.55. The summed E-state index contributed by atoms with van der Waals surface area (Å²) < 4.78 is 37.7. The molecule has 0 bridgehead atoms. The van der Waals surface area contributed by atoms with E-state index < -0.39 is 47.6 Å². The van der Waals surface area contributed by atoms with Crippen molar-refractivity contribution in [3.63, 3.8) is 0 Å². The molecule has 0 aliphatic carbocycles. The van der Waals surface area contributed by atoms with Crippen molar-refractivity contribution in [1.82, 2.24) is 9.55 Å². The lowest BCUT2D eigenvalue weighted by molar-refractivity contribution is -0.0565. The largest absolute Gasteiger partial charge is 0.414 e. The fourth-order valence-corrected chi connectivity index (χ4v) is 16.7. The molecule has 0 spiro atoms. The van der Waals surface area contributed by atoms with Gasteiger partial charge in [0, 0.05) is 19.5 Å². The maximum absolute atomic E-state index is 13.1. The first-order chi connectivity index (χ1) is 18.8. The number of carbonyl (C=O) groups excluding carboxylic acids is 1. The van der Waals surface area contributed by atoms with E-state index in [1.165, 1.54) is 16.8 Å². The molecule has 2 saturated heterocycles. The Labute approximate surface area is 235 Å². The molecule has 11 heteroatoms. The lowest BCUT2D eigenvalue weighted by Crippen LogP contribution is -2.65. The van der Waals surface area contributed by atoms with E-state index in [4.69, 9.17) is 19.1 Å². The van der Waals surface area contributed by atoms with Crippen LogP contribution in [-0.4, -0.2) is 51.4 Å². The fourth-order valence-electron chi connectivity index (χ4n) is 5.59. The van der Waals surface area contributed by atoms with Gasteiger partial charge in [0.05, 0.1) is 12.7 Å². The van der Waals surface area contributed by atoms with Crippen molar-refractivity contribution in [3.8, 4) is 0 Å². The van der Waals surface area contributed by atoms with E-state index in [9.17, 15) is 9.59 Å². The second kappa shape index (κ2) is 11.8. The molecule has 3 heterocycles. The van der Waals surface area contributed by atoms with Crippen LogP contribution in [0.25, 0.3) is 0 Å². The third kappa shape index (κ3) is 5.84. The van der Waals surface area contributed by atoms with Crippen LogP contribution in [0.1, 0.15) is 79.7 Å². The van der Waals surface area contributed by atoms with Gasteiger partial charge in [-0.3, -0.25) is 9.36 Å². The Morgan fingerprint density at radius 2 is 1.59 bits per heavy atom. The van der Waals surface area contributed by atoms with Gasteiger partial charge in [-0.2, -0.15) is 4.98 Å². The third-order valence-corrected chi connectivity index (χ3v) is 18.0. The lowest BCUT2D eigenvalue weighted by atomic mass is 10.2. The molecule has 1 aromatic carbocycles. The Bertz CT molecular complexity index is 1230. The van der Waals surface area contributed by atoms with Crippen LogP contribution in [0.4, 0.5) is 5.82 Å². The van der Waals surface area contributed by atoms with Gasteiger partial charge >= 0.3 is 22.8 Å². The number of aromatic nitrogens is 2. The molecule has 0 unspecified atom stereocenters. The minimum Gasteiger partial charge on any atom is -0.414 e. The van der Waals surface area contributed by atoms with Crippen molar-refractivity contribution < 1.29 is 23.9 Å². The smallest absolute Gasteiger partial charge is 0.351 e. The van der Waals surface area contributed by atoms with Crippen LogP contribution < -0.4 is 11.0 Å². The molecule has 1 N–H and O–H groups in total. The molecule has 4 atom stereocenters. The van der Waals surface area contributed by atoms with Gasteiger partial charge in [-0.15, -0.1) is 0 Å². The normalized spacial score (nSPS) is 26.8. The number of amides is 1. The summed E-state index contributed by atoms with van der Waals surface area (Å²) in [4.78, 5) is 29.7. The molecule has 2 fully saturated rings. The van der Waals surface area contributed by atoms with Crippen LogP contribution in [0.3, 0.4) is 0 Å². The Morgan fingerprint density at radius 3 is 2.15 bits per heavy atom. The van der Waals surface area contributed by atoms with E-state index in [1.807, 2.05) is 6.07 Å². The molecular formula is C28H43N3O6Si2. The van der Waals surface area contributed by atoms with Gasteiger partial charge in [-0.05, 0) is 40.4 Å². The molecule has 2 aromatic rings. The summed E-state index contributed by atoms with van der Waals surface area (Å²) in [6.07, 6.45) is -1.48. The monoisotopic (exact) mass is 574 g/mol. The topological polar surface area (TPSA) is 101 Å². The first kappa shape index (κ1) is 28.4. The van der Waals surface area contributed by atoms with E-state index in [0.29, 0.717) is 5.56 Å². The van der Waals surface area contributed by atoms with Gasteiger partial charge in [0.15, 0.2) is 0 Å². The summed E-state index contributed by atoms with van der Waals surface area (Å²) in [6, 6.07) is 10.2. The molecule has 214 valence electrons. The SMILES string of the molecule is [2H][C@@H]1[C@H]2O[Si](C(C)C)(C(C)C)O[Si](C(C)C)(C(C)C)OC[C@H]2O[C@H]1n1ccc(NC(=O)c2ccccc2)nc1=O. The van der Waals surface area contributed by atoms with Crippen LogP contribution in [0.2, 0.25) is 22.2 Å². The van der Waals surface area contributed by atoms with E-state index in [2.05, 4.69) is 65.7 Å². The quantitative estimate of drug-likeness (QED) is 0.421. The average Bonchev–Trinajstić information content (AvgIpc) is 3.18. The van der Waals surface area contributed by atoms with Crippen molar-refractivity contribution in [2.75, 3.05) is 11.9 Å². The number of fused-ring (bicyclic) bond motifs is 1. The second-order valence-electron chi connectivity index (χ2n) is 11.6. The van der Waals surface area contributed by atoms with E-state index in [-0.39, 0.29) is 40.5 Å². The first-order valence-electron chi connectivity index (χ1n) is 14.4. The van der Waals surface area contributed by atoms with Crippen LogP contribution in [0.5, 0.6) is 0 Å². The van der Waals surface area contributed by atoms with Crippen molar-refractivity contribution in [3.05, 3.63) is 58.6 Å². The van der Waals surface area contributed by atoms with Gasteiger partial charge in [0.2, 0.25) is 0 Å². The summed E-state index contributed by atoms with van der Waals surface area (Å²) in [5, 5.41) is 2.66. The Hall–Kier alpha value is -2.16. The number of rotatable bonds is 7. The molecule has 1 amide bonds. The predicted molar refractivity (Wildman–Crippen MR) is 155 cm³/mol. The van der Waals surface area contributed by atoms with E-state index >= 15 is 0 Å². The number of nitrogens with zero attached hydrogens (tertiary/aromatic N) is 2. The summed E-state index contributed by atoms with van der Waals surface area (Å²) in [5.74, 6) is -0.235. The van der Waals surface area contributed by atoms with Gasteiger partial charge < -0.3 is 23.0 Å². The minimum atomic E-state index is -2.93. The zero-order chi connectivity index (χ0) is 29.4. The second-order valence-corrected chi connectivity index (χ2v) is 20.5. The molecule has 2 aliphatic heterocycles. The summed E-state index contributed by atoms with van der Waals surface area (Å²) in [6.45, 7) is 17.4. The summed E-state index contributed by atoms with van der Waals surface area (Å²) in [7, 11) is -5.68. The zero-order valence-corrected chi connectivity index (χ0v) is 26.2. The van der Waals surface area contributed by atoms with Crippen LogP contribution >= 0.6 is 0 Å². The minimum absolute atomic E-state index is 0.113. The summed E-state index contributed by atoms with van der Waals surface area (Å²) >= 11 is 0. The number of benzene rings is 1. The number of carbonyl (C=O) groups is 1. The van der Waals surface area contributed by atoms with Crippen molar-refractivity contribution in [2.45, 2.75) is 102 Å². The molecule has 39 heavy (non-hydrogen) atoms. The zero-order valence-electron chi connectivity index (χ0n) is 25.2. The average molecular weight is 575 g/mol. The summed E-state index contributed by atoms with van der Waals surface area (Å²) in [5.41, 5.74) is 0.436. The number of hydrogen-bond acceptors (Lipinski definition) is 7. The van der Waals surface area contributed by atoms with Gasteiger partial charge in [-0.1, -0.05) is 73.6 Å². The standard InChI is InChI=1S/C28H43N3O6Si2/c1-18(2)38(19(3)4)34-17-24-23(36-39(37-38,20(5)6)21(7)8)16-26(35-24)31-15-14-25(30-28(31)33)29-27(32)22-12-10-9-11-13-22/h9-15,18-21,23-24,26H,16-17H2,1-8H3,(H,29,30,32,33)/t23-,24-,26-/m1/s1/i16D/t16-,23-,24-,26-. The van der Waals surface area contributed by atoms with Crippen LogP contribution in [0, 0.1) is 0 Å². The lowest BCUT2D eigenvalue weighted by Gasteiger charge is -2.51. The molecule has 4 rings (SSSR count). The van der Waals surface area contributed by atoms with Gasteiger partial charge in [-0.25, -0.2) is 4.79 Å². The fraction of sp³-hybridized carbons (Fsp3) is 0.607. The van der Waals surface area contributed by atoms with E-state index in [1.54, 1.807) is 24.3 Å². The number of ether oxygens (including phenoxy) is 1. The van der Waals surface area contributed by atoms with Gasteiger partial charge in [0.25, 0.3) is 5.91 Å². The highest BCUT2D eigenvalue weighted by atomic mass is 28.5.